The molecule has 0 aliphatic rings. The van der Waals surface area contributed by atoms with Crippen LogP contribution in [0.25, 0.3) is 5.52 Å². The minimum absolute atomic E-state index is 0.358. The Morgan fingerprint density at radius 1 is 1.60 bits per heavy atom. The summed E-state index contributed by atoms with van der Waals surface area (Å²) in [6.45, 7) is 1.91. The molecule has 0 amide bonds. The largest absolute Gasteiger partial charge is 0.241 e. The van der Waals surface area contributed by atoms with E-state index in [2.05, 4.69) is 5.10 Å². The summed E-state index contributed by atoms with van der Waals surface area (Å²) in [5.74, 6) is 0. The number of aryl methyl sites for hydroxylation is 1. The van der Waals surface area contributed by atoms with Crippen molar-refractivity contribution in [3.05, 3.63) is 36.1 Å². The number of aromatic nitrogens is 2. The normalized spacial score (nSPS) is 11.9. The maximum absolute atomic E-state index is 7.42. The molecule has 0 spiro atoms. The average molecular weight is 133 g/mol. The van der Waals surface area contributed by atoms with E-state index in [9.17, 15) is 0 Å². The summed E-state index contributed by atoms with van der Waals surface area (Å²) < 4.78 is 9.14. The van der Waals surface area contributed by atoms with Crippen LogP contribution in [-0.4, -0.2) is 9.61 Å². The van der Waals surface area contributed by atoms with Crippen LogP contribution < -0.4 is 0 Å². The molecule has 10 heavy (non-hydrogen) atoms. The Morgan fingerprint density at radius 3 is 3.30 bits per heavy atom. The average Bonchev–Trinajstić information content (AvgIpc) is 2.30. The maximum Gasteiger partial charge on any atom is 0.0863 e. The van der Waals surface area contributed by atoms with Crippen molar-refractivity contribution >= 4 is 5.52 Å². The molecule has 2 aromatic heterocycles. The van der Waals surface area contributed by atoms with Gasteiger partial charge in [-0.3, -0.25) is 0 Å². The van der Waals surface area contributed by atoms with Gasteiger partial charge in [0.15, 0.2) is 0 Å². The highest BCUT2D eigenvalue weighted by molar-refractivity contribution is 5.52. The molecule has 2 heteroatoms. The van der Waals surface area contributed by atoms with Gasteiger partial charge in [0.1, 0.15) is 0 Å². The Hall–Kier alpha value is -1.31. The first-order valence-electron chi connectivity index (χ1n) is 3.69. The molecule has 0 aliphatic heterocycles. The molecular formula is C8H8N2. The lowest BCUT2D eigenvalue weighted by atomic mass is 10.3. The van der Waals surface area contributed by atoms with Crippen molar-refractivity contribution in [2.75, 3.05) is 0 Å². The Balaban J connectivity index is 2.92. The third-order valence-corrected chi connectivity index (χ3v) is 1.55. The standard InChI is InChI=1S/C8H8N2/c1-7-6-9-10-5-3-2-4-8(7)10/h2-6H,1H3/i6D. The molecule has 2 rings (SSSR count). The van der Waals surface area contributed by atoms with Crippen LogP contribution in [-0.2, 0) is 0 Å². The van der Waals surface area contributed by atoms with Gasteiger partial charge in [0.25, 0.3) is 0 Å². The predicted octanol–water partition coefficient (Wildman–Crippen LogP) is 1.64. The first-order valence-corrected chi connectivity index (χ1v) is 3.19. The Bertz CT molecular complexity index is 392. The molecule has 0 unspecified atom stereocenters. The highest BCUT2D eigenvalue weighted by atomic mass is 15.2. The van der Waals surface area contributed by atoms with Crippen LogP contribution in [0, 0.1) is 6.92 Å². The predicted molar refractivity (Wildman–Crippen MR) is 39.9 cm³/mol. The van der Waals surface area contributed by atoms with E-state index >= 15 is 0 Å². The van der Waals surface area contributed by atoms with Gasteiger partial charge in [-0.05, 0) is 24.6 Å². The molecule has 0 fully saturated rings. The van der Waals surface area contributed by atoms with Crippen LogP contribution in [0.4, 0.5) is 0 Å². The Labute approximate surface area is 60.5 Å². The molecule has 0 saturated carbocycles. The number of pyridine rings is 1. The molecule has 2 heterocycles. The van der Waals surface area contributed by atoms with E-state index in [0.29, 0.717) is 6.17 Å². The molecule has 0 bridgehead atoms. The second-order valence-corrected chi connectivity index (χ2v) is 2.27. The van der Waals surface area contributed by atoms with Gasteiger partial charge in [0.2, 0.25) is 0 Å². The van der Waals surface area contributed by atoms with Crippen molar-refractivity contribution in [2.24, 2.45) is 0 Å². The van der Waals surface area contributed by atoms with Gasteiger partial charge in [-0.25, -0.2) is 4.52 Å². The summed E-state index contributed by atoms with van der Waals surface area (Å²) in [7, 11) is 0. The fraction of sp³-hybridized carbons (Fsp3) is 0.125. The third-order valence-electron chi connectivity index (χ3n) is 1.55. The van der Waals surface area contributed by atoms with Crippen molar-refractivity contribution in [1.29, 1.82) is 0 Å². The molecule has 0 aliphatic carbocycles. The fourth-order valence-electron chi connectivity index (χ4n) is 1.00. The van der Waals surface area contributed by atoms with Gasteiger partial charge >= 0.3 is 0 Å². The van der Waals surface area contributed by atoms with Gasteiger partial charge in [-0.1, -0.05) is 6.07 Å². The van der Waals surface area contributed by atoms with Gasteiger partial charge < -0.3 is 0 Å². The molecule has 0 N–H and O–H groups in total. The summed E-state index contributed by atoms with van der Waals surface area (Å²) in [5, 5.41) is 4.00. The van der Waals surface area contributed by atoms with Crippen LogP contribution in [0.15, 0.2) is 30.6 Å². The molecule has 50 valence electrons. The quantitative estimate of drug-likeness (QED) is 0.534. The lowest BCUT2D eigenvalue weighted by molar-refractivity contribution is 0.961. The molecule has 0 aromatic carbocycles. The number of fused-ring (bicyclic) bond motifs is 1. The van der Waals surface area contributed by atoms with Crippen molar-refractivity contribution in [2.45, 2.75) is 6.92 Å². The van der Waals surface area contributed by atoms with E-state index < -0.39 is 0 Å². The van der Waals surface area contributed by atoms with Gasteiger partial charge in [0.05, 0.1) is 13.1 Å². The first kappa shape index (κ1) is 4.50. The third kappa shape index (κ3) is 0.620. The van der Waals surface area contributed by atoms with Crippen LogP contribution in [0.3, 0.4) is 0 Å². The van der Waals surface area contributed by atoms with Gasteiger partial charge in [0, 0.05) is 6.20 Å². The summed E-state index contributed by atoms with van der Waals surface area (Å²) in [5.41, 5.74) is 1.95. The van der Waals surface area contributed by atoms with Crippen LogP contribution in [0.2, 0.25) is 0 Å². The van der Waals surface area contributed by atoms with E-state index in [1.165, 1.54) is 0 Å². The van der Waals surface area contributed by atoms with E-state index in [1.54, 1.807) is 4.52 Å². The number of nitrogens with zero attached hydrogens (tertiary/aromatic N) is 2. The van der Waals surface area contributed by atoms with E-state index in [-0.39, 0.29) is 0 Å². The smallest absolute Gasteiger partial charge is 0.0863 e. The SMILES string of the molecule is [2H]c1nn2ccccc2c1C. The first-order chi connectivity index (χ1) is 5.29. The van der Waals surface area contributed by atoms with E-state index in [4.69, 9.17) is 1.37 Å². The molecule has 2 aromatic rings. The summed E-state index contributed by atoms with van der Waals surface area (Å²) >= 11 is 0. The fourth-order valence-corrected chi connectivity index (χ4v) is 1.00. The lowest BCUT2D eigenvalue weighted by Gasteiger charge is -1.89. The Kier molecular flexibility index (Phi) is 0.826. The molecule has 0 atom stereocenters. The van der Waals surface area contributed by atoms with Gasteiger partial charge in [-0.2, -0.15) is 5.10 Å². The number of rotatable bonds is 0. The minimum Gasteiger partial charge on any atom is -0.241 e. The van der Waals surface area contributed by atoms with Crippen LogP contribution in [0.1, 0.15) is 6.93 Å². The minimum atomic E-state index is 0.358. The number of hydrogen-bond acceptors (Lipinski definition) is 1. The topological polar surface area (TPSA) is 17.3 Å². The van der Waals surface area contributed by atoms with Crippen LogP contribution >= 0.6 is 0 Å². The summed E-state index contributed by atoms with van der Waals surface area (Å²) in [6.07, 6.45) is 2.21. The molecule has 2 nitrogen and oxygen atoms in total. The second kappa shape index (κ2) is 1.84. The van der Waals surface area contributed by atoms with Crippen LogP contribution in [0.5, 0.6) is 0 Å². The maximum atomic E-state index is 7.42. The van der Waals surface area contributed by atoms with Crippen molar-refractivity contribution in [3.8, 4) is 0 Å². The highest BCUT2D eigenvalue weighted by Gasteiger charge is 1.94. The van der Waals surface area contributed by atoms with Crippen molar-refractivity contribution < 1.29 is 1.37 Å². The zero-order valence-corrected chi connectivity index (χ0v) is 5.70. The summed E-state index contributed by atoms with van der Waals surface area (Å²) in [4.78, 5) is 0. The zero-order chi connectivity index (χ0) is 7.84. The summed E-state index contributed by atoms with van der Waals surface area (Å²) in [6, 6.07) is 5.81. The highest BCUT2D eigenvalue weighted by Crippen LogP contribution is 2.06. The number of hydrogen-bond donors (Lipinski definition) is 0. The Morgan fingerprint density at radius 2 is 2.50 bits per heavy atom. The zero-order valence-electron chi connectivity index (χ0n) is 6.70. The van der Waals surface area contributed by atoms with Crippen molar-refractivity contribution in [3.63, 3.8) is 0 Å². The lowest BCUT2D eigenvalue weighted by Crippen LogP contribution is -1.82. The molecule has 0 saturated heterocycles. The van der Waals surface area contributed by atoms with Gasteiger partial charge in [-0.15, -0.1) is 0 Å². The van der Waals surface area contributed by atoms with Crippen molar-refractivity contribution in [1.82, 2.24) is 9.61 Å². The molecular weight excluding hydrogens is 124 g/mol. The second-order valence-electron chi connectivity index (χ2n) is 2.27. The monoisotopic (exact) mass is 133 g/mol. The van der Waals surface area contributed by atoms with E-state index in [1.807, 2.05) is 31.3 Å². The van der Waals surface area contributed by atoms with E-state index in [0.717, 1.165) is 11.1 Å². The molecule has 0 radical (unpaired) electrons.